The summed E-state index contributed by atoms with van der Waals surface area (Å²) in [6.45, 7) is 2.44. The Kier molecular flexibility index (Phi) is 3.01. The molecule has 4 nitrogen and oxygen atoms in total. The van der Waals surface area contributed by atoms with Crippen LogP contribution in [0.5, 0.6) is 5.88 Å². The topological polar surface area (TPSA) is 61.0 Å². The molecular formula is C8H10F3N3O. The molecule has 2 N–H and O–H groups in total. The van der Waals surface area contributed by atoms with Crippen LogP contribution in [0.1, 0.15) is 12.5 Å². The number of nitrogen functional groups attached to an aromatic ring is 1. The van der Waals surface area contributed by atoms with Gasteiger partial charge in [0.1, 0.15) is 0 Å². The standard InChI is InChI=1S/C8H10F3N3O/c1-4-3-13-7(12)14-6(4)15-5(2)8(9,10)11/h3,5H,1-2H3,(H2,12,13,14). The van der Waals surface area contributed by atoms with Gasteiger partial charge in [0, 0.05) is 11.8 Å². The molecule has 0 bridgehead atoms. The van der Waals surface area contributed by atoms with E-state index in [9.17, 15) is 13.2 Å². The first kappa shape index (κ1) is 11.5. The smallest absolute Gasteiger partial charge is 0.425 e. The minimum absolute atomic E-state index is 0.120. The first-order valence-electron chi connectivity index (χ1n) is 4.13. The van der Waals surface area contributed by atoms with Crippen molar-refractivity contribution in [3.05, 3.63) is 11.8 Å². The van der Waals surface area contributed by atoms with Crippen LogP contribution in [-0.4, -0.2) is 22.2 Å². The lowest BCUT2D eigenvalue weighted by Crippen LogP contribution is -2.31. The van der Waals surface area contributed by atoms with E-state index in [1.807, 2.05) is 0 Å². The van der Waals surface area contributed by atoms with Crippen LogP contribution < -0.4 is 10.5 Å². The van der Waals surface area contributed by atoms with Gasteiger partial charge in [0.25, 0.3) is 0 Å². The summed E-state index contributed by atoms with van der Waals surface area (Å²) in [5.41, 5.74) is 5.63. The van der Waals surface area contributed by atoms with Crippen LogP contribution in [-0.2, 0) is 0 Å². The average molecular weight is 221 g/mol. The highest BCUT2D eigenvalue weighted by molar-refractivity contribution is 5.28. The molecule has 7 heteroatoms. The zero-order valence-electron chi connectivity index (χ0n) is 8.17. The molecule has 1 unspecified atom stereocenters. The van der Waals surface area contributed by atoms with E-state index in [0.717, 1.165) is 6.92 Å². The number of ether oxygens (including phenoxy) is 1. The van der Waals surface area contributed by atoms with Crippen LogP contribution in [0.15, 0.2) is 6.20 Å². The number of hydrogen-bond acceptors (Lipinski definition) is 4. The second kappa shape index (κ2) is 3.92. The Balaban J connectivity index is 2.85. The molecule has 1 aromatic heterocycles. The van der Waals surface area contributed by atoms with Gasteiger partial charge in [-0.25, -0.2) is 4.98 Å². The van der Waals surface area contributed by atoms with Crippen molar-refractivity contribution in [1.82, 2.24) is 9.97 Å². The predicted molar refractivity (Wildman–Crippen MR) is 47.3 cm³/mol. The fourth-order valence-electron chi connectivity index (χ4n) is 0.793. The molecule has 1 heterocycles. The number of alkyl halides is 3. The van der Waals surface area contributed by atoms with Gasteiger partial charge in [0.2, 0.25) is 11.8 Å². The molecule has 0 fully saturated rings. The second-order valence-corrected chi connectivity index (χ2v) is 3.02. The van der Waals surface area contributed by atoms with Crippen LogP contribution in [0, 0.1) is 6.92 Å². The molecule has 1 rings (SSSR count). The van der Waals surface area contributed by atoms with Crippen molar-refractivity contribution in [2.75, 3.05) is 5.73 Å². The molecule has 1 aromatic rings. The highest BCUT2D eigenvalue weighted by Crippen LogP contribution is 2.25. The fourth-order valence-corrected chi connectivity index (χ4v) is 0.793. The Labute approximate surface area is 84.3 Å². The molecule has 0 spiro atoms. The van der Waals surface area contributed by atoms with Gasteiger partial charge in [-0.3, -0.25) is 0 Å². The maximum atomic E-state index is 12.2. The Hall–Kier alpha value is -1.53. The maximum Gasteiger partial charge on any atom is 0.425 e. The van der Waals surface area contributed by atoms with E-state index < -0.39 is 12.3 Å². The number of hydrogen-bond donors (Lipinski definition) is 1. The zero-order valence-corrected chi connectivity index (χ0v) is 8.17. The predicted octanol–water partition coefficient (Wildman–Crippen LogP) is 1.70. The first-order valence-corrected chi connectivity index (χ1v) is 4.13. The first-order chi connectivity index (χ1) is 6.80. The minimum Gasteiger partial charge on any atom is -0.465 e. The second-order valence-electron chi connectivity index (χ2n) is 3.02. The molecular weight excluding hydrogens is 211 g/mol. The lowest BCUT2D eigenvalue weighted by atomic mass is 10.3. The average Bonchev–Trinajstić information content (AvgIpc) is 2.09. The van der Waals surface area contributed by atoms with Crippen molar-refractivity contribution in [3.63, 3.8) is 0 Å². The summed E-state index contributed by atoms with van der Waals surface area (Å²) in [6, 6.07) is 0. The van der Waals surface area contributed by atoms with E-state index in [4.69, 9.17) is 5.73 Å². The van der Waals surface area contributed by atoms with Crippen LogP contribution in [0.3, 0.4) is 0 Å². The molecule has 0 saturated carbocycles. The molecule has 1 atom stereocenters. The Morgan fingerprint density at radius 1 is 1.47 bits per heavy atom. The third-order valence-corrected chi connectivity index (χ3v) is 1.69. The summed E-state index contributed by atoms with van der Waals surface area (Å²) in [5, 5.41) is 0. The van der Waals surface area contributed by atoms with Crippen LogP contribution >= 0.6 is 0 Å². The molecule has 0 aliphatic carbocycles. The van der Waals surface area contributed by atoms with Gasteiger partial charge in [-0.05, 0) is 13.8 Å². The van der Waals surface area contributed by atoms with Crippen LogP contribution in [0.4, 0.5) is 19.1 Å². The summed E-state index contributed by atoms with van der Waals surface area (Å²) in [7, 11) is 0. The number of nitrogens with zero attached hydrogens (tertiary/aromatic N) is 2. The highest BCUT2D eigenvalue weighted by atomic mass is 19.4. The van der Waals surface area contributed by atoms with E-state index in [2.05, 4.69) is 14.7 Å². The van der Waals surface area contributed by atoms with Crippen molar-refractivity contribution in [3.8, 4) is 5.88 Å². The van der Waals surface area contributed by atoms with Crippen LogP contribution in [0.25, 0.3) is 0 Å². The number of rotatable bonds is 2. The normalized spacial score (nSPS) is 13.7. The highest BCUT2D eigenvalue weighted by Gasteiger charge is 2.38. The third kappa shape index (κ3) is 2.97. The molecule has 0 aliphatic rings. The number of aryl methyl sites for hydroxylation is 1. The molecule has 0 amide bonds. The molecule has 84 valence electrons. The third-order valence-electron chi connectivity index (χ3n) is 1.69. The van der Waals surface area contributed by atoms with Crippen molar-refractivity contribution in [2.45, 2.75) is 26.1 Å². The lowest BCUT2D eigenvalue weighted by molar-refractivity contribution is -0.190. The van der Waals surface area contributed by atoms with Gasteiger partial charge in [-0.15, -0.1) is 0 Å². The van der Waals surface area contributed by atoms with E-state index in [0.29, 0.717) is 5.56 Å². The monoisotopic (exact) mass is 221 g/mol. The maximum absolute atomic E-state index is 12.2. The van der Waals surface area contributed by atoms with Gasteiger partial charge in [0.15, 0.2) is 6.10 Å². The quantitative estimate of drug-likeness (QED) is 0.825. The summed E-state index contributed by atoms with van der Waals surface area (Å²) in [6.07, 6.45) is -5.04. The van der Waals surface area contributed by atoms with Crippen molar-refractivity contribution < 1.29 is 17.9 Å². The van der Waals surface area contributed by atoms with Crippen LogP contribution in [0.2, 0.25) is 0 Å². The lowest BCUT2D eigenvalue weighted by Gasteiger charge is -2.17. The van der Waals surface area contributed by atoms with Crippen molar-refractivity contribution in [1.29, 1.82) is 0 Å². The van der Waals surface area contributed by atoms with Gasteiger partial charge >= 0.3 is 6.18 Å². The summed E-state index contributed by atoms with van der Waals surface area (Å²) in [4.78, 5) is 7.18. The van der Waals surface area contributed by atoms with Crippen molar-refractivity contribution in [2.24, 2.45) is 0 Å². The van der Waals surface area contributed by atoms with Gasteiger partial charge < -0.3 is 10.5 Å². The number of nitrogens with two attached hydrogens (primary N) is 1. The molecule has 0 aliphatic heterocycles. The minimum atomic E-state index is -4.42. The van der Waals surface area contributed by atoms with E-state index in [1.54, 1.807) is 0 Å². The number of anilines is 1. The van der Waals surface area contributed by atoms with E-state index in [1.165, 1.54) is 13.1 Å². The van der Waals surface area contributed by atoms with E-state index in [-0.39, 0.29) is 11.8 Å². The molecule has 0 saturated heterocycles. The Morgan fingerprint density at radius 2 is 2.07 bits per heavy atom. The van der Waals surface area contributed by atoms with Gasteiger partial charge in [-0.2, -0.15) is 18.2 Å². The Bertz CT molecular complexity index is 353. The fraction of sp³-hybridized carbons (Fsp3) is 0.500. The SMILES string of the molecule is Cc1cnc(N)nc1OC(C)C(F)(F)F. The number of aromatic nitrogens is 2. The zero-order chi connectivity index (χ0) is 11.6. The largest absolute Gasteiger partial charge is 0.465 e. The van der Waals surface area contributed by atoms with E-state index >= 15 is 0 Å². The summed E-state index contributed by atoms with van der Waals surface area (Å²) in [5.74, 6) is -0.266. The molecule has 15 heavy (non-hydrogen) atoms. The summed E-state index contributed by atoms with van der Waals surface area (Å²) >= 11 is 0. The van der Waals surface area contributed by atoms with Gasteiger partial charge in [-0.1, -0.05) is 0 Å². The Morgan fingerprint density at radius 3 is 2.60 bits per heavy atom. The van der Waals surface area contributed by atoms with Crippen molar-refractivity contribution >= 4 is 5.95 Å². The molecule has 0 radical (unpaired) electrons. The summed E-state index contributed by atoms with van der Waals surface area (Å²) < 4.78 is 41.1. The number of halogens is 3. The van der Waals surface area contributed by atoms with Gasteiger partial charge in [0.05, 0.1) is 0 Å². The molecule has 0 aromatic carbocycles.